The Kier molecular flexibility index (Phi) is 19.8. The van der Waals surface area contributed by atoms with Gasteiger partial charge >= 0.3 is 17.2 Å². The van der Waals surface area contributed by atoms with Gasteiger partial charge in [-0.15, -0.1) is 0 Å². The molecule has 0 bridgehead atoms. The van der Waals surface area contributed by atoms with Crippen LogP contribution in [0.15, 0.2) is 36.4 Å². The lowest BCUT2D eigenvalue weighted by molar-refractivity contribution is -0.137. The minimum absolute atomic E-state index is 0.108. The molecular weight excluding hydrogens is 726 g/mol. The maximum Gasteiger partial charge on any atom is 0.334 e. The van der Waals surface area contributed by atoms with E-state index in [2.05, 4.69) is 99.5 Å². The molecule has 0 radical (unpaired) electrons. The zero-order chi connectivity index (χ0) is 42.0. The number of aliphatic hydroxyl groups excluding tert-OH is 7. The van der Waals surface area contributed by atoms with Crippen LogP contribution in [0.25, 0.3) is 0 Å². The molecule has 12 N–H and O–H groups in total. The van der Waals surface area contributed by atoms with Gasteiger partial charge < -0.3 is 60.4 Å². The SMILES string of the molecule is CC(C)(C)c1ccc(C(O)(c2ccc(C(C)(C)C)cc2C(C)(C)C)C(CO)(CO)CO)c(C(C)(C)C)c1.OCC(CO)(CO)CO.OP(O)OP(O)O. The Morgan fingerprint density at radius 2 is 0.717 bits per heavy atom. The second kappa shape index (κ2) is 20.3. The van der Waals surface area contributed by atoms with Gasteiger partial charge in [-0.2, -0.15) is 0 Å². The number of hydrogen-bond acceptors (Lipinski definition) is 13. The molecule has 0 unspecified atom stereocenters. The predicted octanol–water partition coefficient (Wildman–Crippen LogP) is 3.44. The quantitative estimate of drug-likeness (QED) is 0.138. The van der Waals surface area contributed by atoms with Crippen molar-refractivity contribution < 1.29 is 64.7 Å². The average Bonchev–Trinajstić information content (AvgIpc) is 3.05. The molecule has 0 atom stereocenters. The van der Waals surface area contributed by atoms with Gasteiger partial charge in [-0.3, -0.25) is 0 Å². The van der Waals surface area contributed by atoms with Gasteiger partial charge in [-0.1, -0.05) is 119 Å². The van der Waals surface area contributed by atoms with Gasteiger partial charge in [0, 0.05) is 0 Å². The number of hydrogen-bond donors (Lipinski definition) is 12. The van der Waals surface area contributed by atoms with E-state index in [4.69, 9.17) is 40.0 Å². The molecular formula is C38H68O13P2. The molecule has 13 nitrogen and oxygen atoms in total. The Balaban J connectivity index is 0.00000140. The minimum atomic E-state index is -2.61. The van der Waals surface area contributed by atoms with Crippen LogP contribution in [0.2, 0.25) is 0 Å². The summed E-state index contributed by atoms with van der Waals surface area (Å²) in [4.78, 5) is 31.3. The molecule has 53 heavy (non-hydrogen) atoms. The number of rotatable bonds is 12. The molecule has 0 aliphatic rings. The Labute approximate surface area is 318 Å². The van der Waals surface area contributed by atoms with Crippen molar-refractivity contribution in [2.45, 2.75) is 110 Å². The van der Waals surface area contributed by atoms with E-state index in [0.29, 0.717) is 11.1 Å². The Bertz CT molecular complexity index is 1270. The van der Waals surface area contributed by atoms with Gasteiger partial charge in [0.25, 0.3) is 0 Å². The molecule has 0 saturated carbocycles. The van der Waals surface area contributed by atoms with Crippen molar-refractivity contribution in [1.29, 1.82) is 0 Å². The molecule has 0 aromatic heterocycles. The summed E-state index contributed by atoms with van der Waals surface area (Å²) < 4.78 is 3.60. The van der Waals surface area contributed by atoms with Gasteiger partial charge in [0.15, 0.2) is 0 Å². The predicted molar refractivity (Wildman–Crippen MR) is 209 cm³/mol. The average molecular weight is 795 g/mol. The second-order valence-corrected chi connectivity index (χ2v) is 19.4. The van der Waals surface area contributed by atoms with Gasteiger partial charge in [0.1, 0.15) is 5.60 Å². The highest BCUT2D eigenvalue weighted by Gasteiger charge is 2.55. The molecule has 308 valence electrons. The molecule has 0 spiro atoms. The molecule has 2 aromatic rings. The van der Waals surface area contributed by atoms with Crippen molar-refractivity contribution in [2.75, 3.05) is 46.2 Å². The first kappa shape index (κ1) is 51.8. The fraction of sp³-hybridized carbons (Fsp3) is 0.684. The van der Waals surface area contributed by atoms with Crippen LogP contribution in [-0.2, 0) is 31.6 Å². The third kappa shape index (κ3) is 13.5. The topological polar surface area (TPSA) is 252 Å². The second-order valence-electron chi connectivity index (χ2n) is 17.7. The minimum Gasteiger partial charge on any atom is -0.396 e. The van der Waals surface area contributed by atoms with Crippen LogP contribution in [0.5, 0.6) is 0 Å². The van der Waals surface area contributed by atoms with E-state index in [0.717, 1.165) is 22.3 Å². The third-order valence-electron chi connectivity index (χ3n) is 9.33. The van der Waals surface area contributed by atoms with Crippen molar-refractivity contribution in [3.63, 3.8) is 0 Å². The van der Waals surface area contributed by atoms with Crippen LogP contribution in [-0.4, -0.2) is 107 Å². The summed E-state index contributed by atoms with van der Waals surface area (Å²) in [5, 5.41) is 79.2. The molecule has 0 aliphatic heterocycles. The summed E-state index contributed by atoms with van der Waals surface area (Å²) in [6.45, 7) is 22.1. The lowest BCUT2D eigenvalue weighted by Crippen LogP contribution is -2.55. The highest BCUT2D eigenvalue weighted by Crippen LogP contribution is 2.51. The Morgan fingerprint density at radius 3 is 0.868 bits per heavy atom. The van der Waals surface area contributed by atoms with Gasteiger partial charge in [0.05, 0.1) is 57.1 Å². The zero-order valence-corrected chi connectivity index (χ0v) is 35.4. The van der Waals surface area contributed by atoms with Crippen LogP contribution in [0.4, 0.5) is 0 Å². The summed E-state index contributed by atoms with van der Waals surface area (Å²) in [7, 11) is -5.22. The van der Waals surface area contributed by atoms with Crippen LogP contribution < -0.4 is 0 Å². The van der Waals surface area contributed by atoms with E-state index in [1.807, 2.05) is 24.3 Å². The van der Waals surface area contributed by atoms with Crippen LogP contribution in [0.1, 0.15) is 116 Å². The van der Waals surface area contributed by atoms with Crippen molar-refractivity contribution >= 4 is 17.2 Å². The monoisotopic (exact) mass is 794 g/mol. The highest BCUT2D eigenvalue weighted by atomic mass is 31.2. The Hall–Kier alpha value is -1.22. The number of aliphatic hydroxyl groups is 8. The lowest BCUT2D eigenvalue weighted by Gasteiger charge is -2.49. The Morgan fingerprint density at radius 1 is 0.434 bits per heavy atom. The first-order valence-corrected chi connectivity index (χ1v) is 19.6. The van der Waals surface area contributed by atoms with E-state index in [-0.39, 0.29) is 21.7 Å². The molecule has 2 aromatic carbocycles. The first-order chi connectivity index (χ1) is 24.0. The van der Waals surface area contributed by atoms with Gasteiger partial charge in [0.2, 0.25) is 0 Å². The van der Waals surface area contributed by atoms with E-state index >= 15 is 0 Å². The molecule has 15 heteroatoms. The normalized spacial score (nSPS) is 13.5. The summed E-state index contributed by atoms with van der Waals surface area (Å²) in [5.41, 5.74) is -0.248. The number of benzene rings is 2. The van der Waals surface area contributed by atoms with E-state index in [1.54, 1.807) is 0 Å². The smallest absolute Gasteiger partial charge is 0.334 e. The fourth-order valence-corrected chi connectivity index (χ4v) is 5.99. The first-order valence-electron chi connectivity index (χ1n) is 17.3. The molecule has 0 amide bonds. The molecule has 2 rings (SSSR count). The summed E-state index contributed by atoms with van der Waals surface area (Å²) in [6.07, 6.45) is 0. The van der Waals surface area contributed by atoms with Crippen molar-refractivity contribution in [2.24, 2.45) is 10.8 Å². The zero-order valence-electron chi connectivity index (χ0n) is 33.6. The maximum absolute atomic E-state index is 13.1. The molecule has 0 heterocycles. The lowest BCUT2D eigenvalue weighted by atomic mass is 9.60. The molecule has 0 fully saturated rings. The molecule has 0 saturated heterocycles. The largest absolute Gasteiger partial charge is 0.396 e. The summed E-state index contributed by atoms with van der Waals surface area (Å²) in [6, 6.07) is 12.2. The standard InChI is InChI=1S/C33H52O4.C5H12O4.H4O5P2/c1-28(2,3)22-13-15-24(26(17-22)30(7,8)9)33(37,32(19-34,20-35)21-36)25-16-14-23(29(4,5)6)18-27(25)31(10,11)12;6-1-5(2-7,3-8)4-9;1-6(2)5-7(3)4/h13-18,34-37H,19-21H2,1-12H3;6-9H,1-4H2;1-4H. The maximum atomic E-state index is 13.1. The van der Waals surface area contributed by atoms with Crippen molar-refractivity contribution in [3.8, 4) is 0 Å². The fourth-order valence-electron chi connectivity index (χ4n) is 5.47. The van der Waals surface area contributed by atoms with E-state index in [9.17, 15) is 20.4 Å². The summed E-state index contributed by atoms with van der Waals surface area (Å²) >= 11 is 0. The summed E-state index contributed by atoms with van der Waals surface area (Å²) in [5.74, 6) is 0. The van der Waals surface area contributed by atoms with E-state index in [1.165, 1.54) is 0 Å². The van der Waals surface area contributed by atoms with Gasteiger partial charge in [-0.25, -0.2) is 4.31 Å². The van der Waals surface area contributed by atoms with Crippen molar-refractivity contribution in [3.05, 3.63) is 69.8 Å². The van der Waals surface area contributed by atoms with Gasteiger partial charge in [-0.05, 0) is 55.0 Å². The van der Waals surface area contributed by atoms with Crippen LogP contribution in [0, 0.1) is 10.8 Å². The molecule has 0 aliphatic carbocycles. The van der Waals surface area contributed by atoms with Crippen LogP contribution in [0.3, 0.4) is 0 Å². The van der Waals surface area contributed by atoms with Crippen LogP contribution >= 0.6 is 17.2 Å². The third-order valence-corrected chi connectivity index (χ3v) is 10.5. The van der Waals surface area contributed by atoms with E-state index < -0.39 is 79.9 Å². The highest BCUT2D eigenvalue weighted by molar-refractivity contribution is 7.53. The van der Waals surface area contributed by atoms with Crippen molar-refractivity contribution in [1.82, 2.24) is 0 Å².